The van der Waals surface area contributed by atoms with Crippen molar-refractivity contribution >= 4 is 33.2 Å². The zero-order valence-electron chi connectivity index (χ0n) is 10.7. The number of thiophene rings is 1. The Balaban J connectivity index is 1.75. The lowest BCUT2D eigenvalue weighted by Gasteiger charge is -2.08. The largest absolute Gasteiger partial charge is 0.348 e. The Bertz CT molecular complexity index is 756. The van der Waals surface area contributed by atoms with E-state index in [0.717, 1.165) is 9.35 Å². The normalized spacial score (nSPS) is 10.5. The zero-order chi connectivity index (χ0) is 14.7. The van der Waals surface area contributed by atoms with Gasteiger partial charge < -0.3 is 5.32 Å². The molecule has 1 N–H and O–H groups in total. The van der Waals surface area contributed by atoms with Crippen LogP contribution in [-0.2, 0) is 6.54 Å². The quantitative estimate of drug-likeness (QED) is 0.772. The third-order valence-electron chi connectivity index (χ3n) is 2.77. The van der Waals surface area contributed by atoms with Gasteiger partial charge in [-0.1, -0.05) is 6.07 Å². The first-order valence-electron chi connectivity index (χ1n) is 6.05. The van der Waals surface area contributed by atoms with Gasteiger partial charge in [0.05, 0.1) is 9.35 Å². The third-order valence-corrected chi connectivity index (χ3v) is 4.28. The number of rotatable bonds is 4. The van der Waals surface area contributed by atoms with Crippen LogP contribution in [0, 0.1) is 0 Å². The van der Waals surface area contributed by atoms with Crippen LogP contribution >= 0.6 is 27.3 Å². The van der Waals surface area contributed by atoms with Crippen LogP contribution in [0.3, 0.4) is 0 Å². The van der Waals surface area contributed by atoms with Crippen molar-refractivity contribution in [1.82, 2.24) is 25.1 Å². The number of nitrogens with one attached hydrogen (secondary N) is 1. The SMILES string of the molecule is O=C(NCc1cccnc1-n1cncn1)c1csc(Br)c1. The van der Waals surface area contributed by atoms with Gasteiger partial charge in [-0.05, 0) is 28.1 Å². The summed E-state index contributed by atoms with van der Waals surface area (Å²) in [6, 6.07) is 5.51. The van der Waals surface area contributed by atoms with Crippen molar-refractivity contribution in [3.05, 3.63) is 57.3 Å². The second-order valence-electron chi connectivity index (χ2n) is 4.15. The fraction of sp³-hybridized carbons (Fsp3) is 0.0769. The number of aromatic nitrogens is 4. The number of hydrogen-bond donors (Lipinski definition) is 1. The van der Waals surface area contributed by atoms with Crippen LogP contribution in [0.5, 0.6) is 0 Å². The molecule has 0 bridgehead atoms. The summed E-state index contributed by atoms with van der Waals surface area (Å²) in [4.78, 5) is 20.2. The summed E-state index contributed by atoms with van der Waals surface area (Å²) >= 11 is 4.82. The topological polar surface area (TPSA) is 72.7 Å². The summed E-state index contributed by atoms with van der Waals surface area (Å²) in [6.45, 7) is 0.370. The van der Waals surface area contributed by atoms with Gasteiger partial charge in [0.15, 0.2) is 5.82 Å². The Kier molecular flexibility index (Phi) is 4.07. The lowest BCUT2D eigenvalue weighted by Crippen LogP contribution is -2.23. The zero-order valence-corrected chi connectivity index (χ0v) is 13.1. The van der Waals surface area contributed by atoms with Gasteiger partial charge in [-0.25, -0.2) is 14.6 Å². The van der Waals surface area contributed by atoms with E-state index in [1.54, 1.807) is 28.7 Å². The summed E-state index contributed by atoms with van der Waals surface area (Å²) < 4.78 is 2.50. The molecule has 3 aromatic rings. The second-order valence-corrected chi connectivity index (χ2v) is 6.44. The third kappa shape index (κ3) is 3.17. The molecule has 3 aromatic heterocycles. The van der Waals surface area contributed by atoms with E-state index in [1.165, 1.54) is 17.7 Å². The molecule has 0 aromatic carbocycles. The molecule has 0 aliphatic carbocycles. The summed E-state index contributed by atoms with van der Waals surface area (Å²) in [5, 5.41) is 8.74. The Morgan fingerprint density at radius 1 is 1.48 bits per heavy atom. The van der Waals surface area contributed by atoms with Gasteiger partial charge >= 0.3 is 0 Å². The van der Waals surface area contributed by atoms with Crippen LogP contribution in [0.2, 0.25) is 0 Å². The van der Waals surface area contributed by atoms with Gasteiger partial charge in [-0.2, -0.15) is 5.10 Å². The van der Waals surface area contributed by atoms with E-state index in [0.29, 0.717) is 17.9 Å². The lowest BCUT2D eigenvalue weighted by atomic mass is 10.2. The molecule has 0 saturated carbocycles. The van der Waals surface area contributed by atoms with Crippen LogP contribution in [0.25, 0.3) is 5.82 Å². The van der Waals surface area contributed by atoms with Gasteiger partial charge in [0.2, 0.25) is 0 Å². The molecule has 0 aliphatic heterocycles. The van der Waals surface area contributed by atoms with Crippen molar-refractivity contribution in [2.75, 3.05) is 0 Å². The standard InChI is InChI=1S/C13H10BrN5OS/c14-11-4-10(6-21-11)13(20)17-5-9-2-1-3-16-12(9)19-8-15-7-18-19/h1-4,6-8H,5H2,(H,17,20). The second kappa shape index (κ2) is 6.15. The fourth-order valence-corrected chi connectivity index (χ4v) is 2.94. The molecule has 0 atom stereocenters. The highest BCUT2D eigenvalue weighted by atomic mass is 79.9. The van der Waals surface area contributed by atoms with Crippen molar-refractivity contribution in [3.8, 4) is 5.82 Å². The van der Waals surface area contributed by atoms with Crippen molar-refractivity contribution < 1.29 is 4.79 Å². The smallest absolute Gasteiger partial charge is 0.252 e. The van der Waals surface area contributed by atoms with Crippen molar-refractivity contribution in [2.45, 2.75) is 6.54 Å². The maximum Gasteiger partial charge on any atom is 0.252 e. The van der Waals surface area contributed by atoms with E-state index in [-0.39, 0.29) is 5.91 Å². The molecular formula is C13H10BrN5OS. The van der Waals surface area contributed by atoms with Gasteiger partial charge in [0.25, 0.3) is 5.91 Å². The minimum absolute atomic E-state index is 0.120. The van der Waals surface area contributed by atoms with E-state index in [2.05, 4.69) is 36.3 Å². The molecule has 1 amide bonds. The Morgan fingerprint density at radius 3 is 3.10 bits per heavy atom. The van der Waals surface area contributed by atoms with Crippen LogP contribution < -0.4 is 5.32 Å². The number of carbonyl (C=O) groups excluding carboxylic acids is 1. The molecular weight excluding hydrogens is 354 g/mol. The lowest BCUT2D eigenvalue weighted by molar-refractivity contribution is 0.0951. The Labute approximate surface area is 133 Å². The number of pyridine rings is 1. The first-order valence-corrected chi connectivity index (χ1v) is 7.72. The van der Waals surface area contributed by atoms with Gasteiger partial charge in [-0.15, -0.1) is 11.3 Å². The molecule has 0 fully saturated rings. The molecule has 0 saturated heterocycles. The van der Waals surface area contributed by atoms with Crippen molar-refractivity contribution in [1.29, 1.82) is 0 Å². The molecule has 0 unspecified atom stereocenters. The molecule has 8 heteroatoms. The molecule has 0 spiro atoms. The first kappa shape index (κ1) is 13.9. The predicted molar refractivity (Wildman–Crippen MR) is 82.3 cm³/mol. The molecule has 0 aliphatic rings. The summed E-state index contributed by atoms with van der Waals surface area (Å²) in [5.41, 5.74) is 1.50. The summed E-state index contributed by atoms with van der Waals surface area (Å²) in [6.07, 6.45) is 4.70. The minimum atomic E-state index is -0.120. The maximum absolute atomic E-state index is 12.0. The first-order chi connectivity index (χ1) is 10.2. The van der Waals surface area contributed by atoms with Crippen LogP contribution in [0.4, 0.5) is 0 Å². The monoisotopic (exact) mass is 363 g/mol. The molecule has 0 radical (unpaired) electrons. The number of nitrogens with zero attached hydrogens (tertiary/aromatic N) is 4. The van der Waals surface area contributed by atoms with Crippen molar-refractivity contribution in [2.24, 2.45) is 0 Å². The number of amides is 1. The average molecular weight is 364 g/mol. The van der Waals surface area contributed by atoms with E-state index in [1.807, 2.05) is 12.1 Å². The fourth-order valence-electron chi connectivity index (χ4n) is 1.80. The van der Waals surface area contributed by atoms with Crippen molar-refractivity contribution in [3.63, 3.8) is 0 Å². The van der Waals surface area contributed by atoms with Crippen LogP contribution in [0.15, 0.2) is 46.2 Å². The molecule has 106 valence electrons. The summed E-state index contributed by atoms with van der Waals surface area (Å²) in [5.74, 6) is 0.534. The van der Waals surface area contributed by atoms with Crippen LogP contribution in [-0.4, -0.2) is 25.7 Å². The highest BCUT2D eigenvalue weighted by Crippen LogP contribution is 2.20. The summed E-state index contributed by atoms with van der Waals surface area (Å²) in [7, 11) is 0. The minimum Gasteiger partial charge on any atom is -0.348 e. The van der Waals surface area contributed by atoms with E-state index >= 15 is 0 Å². The number of halogens is 1. The Hall–Kier alpha value is -2.06. The van der Waals surface area contributed by atoms with Gasteiger partial charge in [-0.3, -0.25) is 4.79 Å². The van der Waals surface area contributed by atoms with E-state index in [4.69, 9.17) is 0 Å². The molecule has 21 heavy (non-hydrogen) atoms. The molecule has 3 heterocycles. The highest BCUT2D eigenvalue weighted by molar-refractivity contribution is 9.11. The average Bonchev–Trinajstić information content (AvgIpc) is 3.16. The molecule has 3 rings (SSSR count). The van der Waals surface area contributed by atoms with Gasteiger partial charge in [0.1, 0.15) is 12.7 Å². The van der Waals surface area contributed by atoms with Crippen LogP contribution in [0.1, 0.15) is 15.9 Å². The number of hydrogen-bond acceptors (Lipinski definition) is 5. The van der Waals surface area contributed by atoms with E-state index in [9.17, 15) is 4.79 Å². The number of carbonyl (C=O) groups is 1. The highest BCUT2D eigenvalue weighted by Gasteiger charge is 2.10. The Morgan fingerprint density at radius 2 is 2.38 bits per heavy atom. The van der Waals surface area contributed by atoms with E-state index < -0.39 is 0 Å². The molecule has 6 nitrogen and oxygen atoms in total. The predicted octanol–water partition coefficient (Wildman–Crippen LogP) is 2.42. The maximum atomic E-state index is 12.0. The van der Waals surface area contributed by atoms with Gasteiger partial charge in [0, 0.05) is 23.7 Å².